The zero-order chi connectivity index (χ0) is 29.2. The Labute approximate surface area is 233 Å². The van der Waals surface area contributed by atoms with E-state index < -0.39 is 35.3 Å². The smallest absolute Gasteiger partial charge is 0.419 e. The van der Waals surface area contributed by atoms with Crippen LogP contribution in [0.15, 0.2) is 42.6 Å². The Morgan fingerprint density at radius 3 is 2.35 bits per heavy atom. The lowest BCUT2D eigenvalue weighted by atomic mass is 10.0. The summed E-state index contributed by atoms with van der Waals surface area (Å²) in [6.07, 6.45) is 1.17. The van der Waals surface area contributed by atoms with Crippen LogP contribution < -0.4 is 21.7 Å². The summed E-state index contributed by atoms with van der Waals surface area (Å²) in [5, 5.41) is 9.41. The molecule has 214 valence electrons. The minimum atomic E-state index is -1.05. The average Bonchev–Trinajstić information content (AvgIpc) is 3.57. The van der Waals surface area contributed by atoms with Gasteiger partial charge in [-0.3, -0.25) is 9.36 Å². The maximum atomic E-state index is 13.5. The van der Waals surface area contributed by atoms with E-state index in [0.29, 0.717) is 22.9 Å². The Morgan fingerprint density at radius 1 is 1.05 bits per heavy atom. The first-order valence-corrected chi connectivity index (χ1v) is 13.3. The normalized spacial score (nSPS) is 15.8. The van der Waals surface area contributed by atoms with E-state index in [9.17, 15) is 14.4 Å². The fourth-order valence-electron chi connectivity index (χ4n) is 4.21. The van der Waals surface area contributed by atoms with Gasteiger partial charge in [0.2, 0.25) is 5.91 Å². The number of anilines is 2. The van der Waals surface area contributed by atoms with E-state index in [2.05, 4.69) is 20.9 Å². The number of ether oxygens (including phenoxy) is 2. The van der Waals surface area contributed by atoms with Crippen LogP contribution in [-0.2, 0) is 27.1 Å². The summed E-state index contributed by atoms with van der Waals surface area (Å²) < 4.78 is 12.4. The zero-order valence-corrected chi connectivity index (χ0v) is 23.8. The maximum Gasteiger partial charge on any atom is 0.419 e. The highest BCUT2D eigenvalue weighted by molar-refractivity contribution is 5.97. The van der Waals surface area contributed by atoms with Crippen molar-refractivity contribution in [3.05, 3.63) is 53.7 Å². The van der Waals surface area contributed by atoms with Crippen molar-refractivity contribution < 1.29 is 23.9 Å². The number of para-hydroxylation sites is 1. The quantitative estimate of drug-likeness (QED) is 0.321. The molecule has 1 aliphatic heterocycles. The molecular formula is C29H38N6O5. The summed E-state index contributed by atoms with van der Waals surface area (Å²) in [5.41, 5.74) is 6.86. The van der Waals surface area contributed by atoms with Gasteiger partial charge in [0.1, 0.15) is 28.9 Å². The van der Waals surface area contributed by atoms with E-state index in [4.69, 9.17) is 15.2 Å². The van der Waals surface area contributed by atoms with E-state index in [1.54, 1.807) is 59.9 Å². The van der Waals surface area contributed by atoms with Crippen LogP contribution in [0.4, 0.5) is 21.2 Å². The number of fused-ring (bicyclic) bond motifs is 1. The first kappa shape index (κ1) is 28.9. The van der Waals surface area contributed by atoms with Crippen molar-refractivity contribution in [2.45, 2.75) is 77.7 Å². The lowest BCUT2D eigenvalue weighted by Gasteiger charge is -2.23. The SMILES string of the molecule is CC(C)(C)OC(=O)NC(Cc1cn(C(=O)OC(C)(C)C)c2ccccc12)C(=O)Nc1ccc(CC2CN2)c(N)n1. The van der Waals surface area contributed by atoms with Crippen LogP contribution in [0.3, 0.4) is 0 Å². The van der Waals surface area contributed by atoms with E-state index in [1.165, 1.54) is 4.57 Å². The number of carbonyl (C=O) groups is 3. The number of hydrogen-bond acceptors (Lipinski definition) is 8. The van der Waals surface area contributed by atoms with Gasteiger partial charge in [0, 0.05) is 30.6 Å². The summed E-state index contributed by atoms with van der Waals surface area (Å²) in [6, 6.07) is 10.2. The van der Waals surface area contributed by atoms with Gasteiger partial charge < -0.3 is 31.2 Å². The van der Waals surface area contributed by atoms with Gasteiger partial charge in [-0.2, -0.15) is 0 Å². The summed E-state index contributed by atoms with van der Waals surface area (Å²) in [5.74, 6) is 0.0919. The molecule has 2 aromatic heterocycles. The largest absolute Gasteiger partial charge is 0.444 e. The minimum Gasteiger partial charge on any atom is -0.444 e. The number of hydrogen-bond donors (Lipinski definition) is 4. The van der Waals surface area contributed by atoms with Crippen molar-refractivity contribution in [1.29, 1.82) is 0 Å². The molecule has 0 radical (unpaired) electrons. The molecule has 40 heavy (non-hydrogen) atoms. The van der Waals surface area contributed by atoms with Crippen molar-refractivity contribution in [2.75, 3.05) is 17.6 Å². The number of amides is 2. The number of benzene rings is 1. The van der Waals surface area contributed by atoms with Crippen LogP contribution in [0, 0.1) is 0 Å². The lowest BCUT2D eigenvalue weighted by Crippen LogP contribution is -2.47. The van der Waals surface area contributed by atoms with E-state index in [1.807, 2.05) is 24.3 Å². The molecule has 1 saturated heterocycles. The van der Waals surface area contributed by atoms with Gasteiger partial charge in [-0.15, -0.1) is 0 Å². The predicted octanol–water partition coefficient (Wildman–Crippen LogP) is 3.99. The maximum absolute atomic E-state index is 13.5. The Balaban J connectivity index is 1.61. The Hall–Kier alpha value is -4.12. The van der Waals surface area contributed by atoms with Crippen molar-refractivity contribution in [3.63, 3.8) is 0 Å². The van der Waals surface area contributed by atoms with Crippen molar-refractivity contribution in [2.24, 2.45) is 0 Å². The van der Waals surface area contributed by atoms with Crippen LogP contribution in [0.25, 0.3) is 10.9 Å². The Morgan fingerprint density at radius 2 is 1.73 bits per heavy atom. The van der Waals surface area contributed by atoms with E-state index in [0.717, 1.165) is 23.9 Å². The van der Waals surface area contributed by atoms with Crippen LogP contribution in [-0.4, -0.2) is 57.5 Å². The molecule has 1 aliphatic rings. The molecule has 1 fully saturated rings. The minimum absolute atomic E-state index is 0.0717. The highest BCUT2D eigenvalue weighted by Gasteiger charge is 2.28. The molecule has 5 N–H and O–H groups in total. The number of nitrogens with one attached hydrogen (secondary N) is 3. The molecule has 0 aliphatic carbocycles. The van der Waals surface area contributed by atoms with Crippen LogP contribution in [0.5, 0.6) is 0 Å². The fourth-order valence-corrected chi connectivity index (χ4v) is 4.21. The standard InChI is InChI=1S/C29H38N6O5/c1-28(2,3)39-26(37)32-21(25(36)34-23-12-11-17(24(30)33-23)13-19-15-31-19)14-18-16-35(27(38)40-29(4,5)6)22-10-8-7-9-20(18)22/h7-12,16,19,21,31H,13-15H2,1-6H3,(H,32,37)(H3,30,33,34,36). The first-order chi connectivity index (χ1) is 18.7. The highest BCUT2D eigenvalue weighted by Crippen LogP contribution is 2.25. The number of nitrogen functional groups attached to an aromatic ring is 1. The topological polar surface area (TPSA) is 160 Å². The van der Waals surface area contributed by atoms with Gasteiger partial charge in [0.25, 0.3) is 0 Å². The molecule has 3 aromatic rings. The number of pyridine rings is 1. The molecule has 0 spiro atoms. The van der Waals surface area contributed by atoms with E-state index in [-0.39, 0.29) is 12.2 Å². The molecule has 2 amide bonds. The monoisotopic (exact) mass is 550 g/mol. The first-order valence-electron chi connectivity index (χ1n) is 13.3. The number of aromatic nitrogens is 2. The third-order valence-corrected chi connectivity index (χ3v) is 6.04. The van der Waals surface area contributed by atoms with Crippen LogP contribution in [0.1, 0.15) is 52.7 Å². The summed E-state index contributed by atoms with van der Waals surface area (Å²) in [4.78, 5) is 43.5. The molecule has 2 unspecified atom stereocenters. The van der Waals surface area contributed by atoms with Gasteiger partial charge in [-0.25, -0.2) is 14.6 Å². The third-order valence-electron chi connectivity index (χ3n) is 6.04. The Kier molecular flexibility index (Phi) is 8.06. The van der Waals surface area contributed by atoms with Crippen molar-refractivity contribution in [3.8, 4) is 0 Å². The zero-order valence-electron chi connectivity index (χ0n) is 23.8. The highest BCUT2D eigenvalue weighted by atomic mass is 16.6. The van der Waals surface area contributed by atoms with Gasteiger partial charge in [-0.1, -0.05) is 24.3 Å². The van der Waals surface area contributed by atoms with E-state index >= 15 is 0 Å². The third kappa shape index (κ3) is 7.72. The number of nitrogens with two attached hydrogens (primary N) is 1. The second kappa shape index (κ2) is 11.2. The lowest BCUT2D eigenvalue weighted by molar-refractivity contribution is -0.118. The Bertz CT molecular complexity index is 1410. The van der Waals surface area contributed by atoms with Gasteiger partial charge >= 0.3 is 12.2 Å². The summed E-state index contributed by atoms with van der Waals surface area (Å²) >= 11 is 0. The predicted molar refractivity (Wildman–Crippen MR) is 153 cm³/mol. The second-order valence-electron chi connectivity index (χ2n) is 12.0. The number of carbonyl (C=O) groups excluding carboxylic acids is 3. The number of alkyl carbamates (subject to hydrolysis) is 1. The van der Waals surface area contributed by atoms with Gasteiger partial charge in [-0.05, 0) is 71.2 Å². The number of rotatable bonds is 7. The van der Waals surface area contributed by atoms with Crippen molar-refractivity contribution >= 4 is 40.6 Å². The molecule has 1 aromatic carbocycles. The van der Waals surface area contributed by atoms with Gasteiger partial charge in [0.05, 0.1) is 5.52 Å². The molecule has 4 rings (SSSR count). The molecule has 3 heterocycles. The summed E-state index contributed by atoms with van der Waals surface area (Å²) in [7, 11) is 0. The van der Waals surface area contributed by atoms with Crippen LogP contribution >= 0.6 is 0 Å². The molecular weight excluding hydrogens is 512 g/mol. The average molecular weight is 551 g/mol. The molecule has 0 bridgehead atoms. The van der Waals surface area contributed by atoms with Crippen molar-refractivity contribution in [1.82, 2.24) is 20.2 Å². The molecule has 11 heteroatoms. The van der Waals surface area contributed by atoms with Crippen LogP contribution in [0.2, 0.25) is 0 Å². The number of nitrogens with zero attached hydrogens (tertiary/aromatic N) is 2. The second-order valence-corrected chi connectivity index (χ2v) is 12.0. The molecule has 2 atom stereocenters. The van der Waals surface area contributed by atoms with Gasteiger partial charge in [0.15, 0.2) is 0 Å². The molecule has 0 saturated carbocycles. The fraction of sp³-hybridized carbons (Fsp3) is 0.448. The summed E-state index contributed by atoms with van der Waals surface area (Å²) in [6.45, 7) is 11.5. The molecule has 11 nitrogen and oxygen atoms in total.